The Labute approximate surface area is 217 Å². The molecule has 1 aliphatic heterocycles. The van der Waals surface area contributed by atoms with Crippen LogP contribution in [-0.4, -0.2) is 24.1 Å². The summed E-state index contributed by atoms with van der Waals surface area (Å²) in [5, 5.41) is 8.82. The van der Waals surface area contributed by atoms with E-state index < -0.39 is 28.7 Å². The zero-order valence-electron chi connectivity index (χ0n) is 21.1. The van der Waals surface area contributed by atoms with Gasteiger partial charge in [-0.3, -0.25) is 5.32 Å². The molecular weight excluding hydrogens is 511 g/mol. The fourth-order valence-corrected chi connectivity index (χ4v) is 7.47. The van der Waals surface area contributed by atoms with E-state index in [0.717, 1.165) is 28.2 Å². The largest absolute Gasteiger partial charge is 0.456 e. The molecule has 0 aromatic carbocycles. The van der Waals surface area contributed by atoms with Gasteiger partial charge < -0.3 is 15.4 Å². The summed E-state index contributed by atoms with van der Waals surface area (Å²) in [5.41, 5.74) is 1.33. The van der Waals surface area contributed by atoms with Gasteiger partial charge in [-0.05, 0) is 75.1 Å². The van der Waals surface area contributed by atoms with Crippen LogP contribution in [0.5, 0.6) is 0 Å². The first kappa shape index (κ1) is 26.9. The molecule has 0 saturated heterocycles. The number of halogens is 3. The fourth-order valence-electron chi connectivity index (χ4n) is 4.99. The third-order valence-electron chi connectivity index (χ3n) is 6.35. The smallest absolute Gasteiger partial charge is 0.425 e. The molecule has 3 heterocycles. The predicted octanol–water partition coefficient (Wildman–Crippen LogP) is 6.44. The summed E-state index contributed by atoms with van der Waals surface area (Å²) in [6.45, 7) is 10.3. The summed E-state index contributed by atoms with van der Waals surface area (Å²) in [6.07, 6.45) is -2.32. The van der Waals surface area contributed by atoms with Gasteiger partial charge in [-0.2, -0.15) is 13.2 Å². The lowest BCUT2D eigenvalue weighted by Crippen LogP contribution is -2.31. The molecule has 3 N–H and O–H groups in total. The highest BCUT2D eigenvalue weighted by molar-refractivity contribution is 7.17. The Bertz CT molecular complexity index is 1160. The molecule has 2 amide bonds. The number of nitrogens with one attached hydrogen (secondary N) is 3. The molecule has 6 nitrogen and oxygen atoms in total. The number of ether oxygens (including phenoxy) is 1. The van der Waals surface area contributed by atoms with E-state index in [1.165, 1.54) is 11.3 Å². The number of alkyl halides is 3. The van der Waals surface area contributed by atoms with Crippen LogP contribution in [0.3, 0.4) is 0 Å². The molecule has 2 aromatic rings. The van der Waals surface area contributed by atoms with Gasteiger partial charge in [-0.1, -0.05) is 13.8 Å². The van der Waals surface area contributed by atoms with E-state index in [1.807, 2.05) is 0 Å². The van der Waals surface area contributed by atoms with Crippen LogP contribution in [0.4, 0.5) is 23.0 Å². The van der Waals surface area contributed by atoms with Crippen molar-refractivity contribution in [3.05, 3.63) is 36.9 Å². The molecule has 0 bridgehead atoms. The van der Waals surface area contributed by atoms with Crippen molar-refractivity contribution in [3.8, 4) is 0 Å². The third kappa shape index (κ3) is 5.73. The Morgan fingerprint density at radius 1 is 1.14 bits per heavy atom. The second kappa shape index (κ2) is 9.98. The van der Waals surface area contributed by atoms with E-state index in [1.54, 1.807) is 20.8 Å². The zero-order chi connectivity index (χ0) is 26.4. The highest BCUT2D eigenvalue weighted by atomic mass is 32.1. The molecular formula is C25H32F3N3O3S2. The third-order valence-corrected chi connectivity index (χ3v) is 9.04. The summed E-state index contributed by atoms with van der Waals surface area (Å²) in [4.78, 5) is 27.1. The summed E-state index contributed by atoms with van der Waals surface area (Å²) in [6, 6.07) is -0.652. The van der Waals surface area contributed by atoms with Crippen molar-refractivity contribution in [1.29, 1.82) is 0 Å². The minimum absolute atomic E-state index is 0.124. The lowest BCUT2D eigenvalue weighted by molar-refractivity contribution is -0.135. The number of esters is 1. The van der Waals surface area contributed by atoms with Crippen molar-refractivity contribution < 1.29 is 27.5 Å². The number of hydrogen-bond acceptors (Lipinski definition) is 6. The summed E-state index contributed by atoms with van der Waals surface area (Å²) < 4.78 is 46.7. The predicted molar refractivity (Wildman–Crippen MR) is 136 cm³/mol. The first-order valence-corrected chi connectivity index (χ1v) is 13.7. The molecule has 1 aliphatic carbocycles. The topological polar surface area (TPSA) is 79.5 Å². The van der Waals surface area contributed by atoms with Crippen molar-refractivity contribution in [2.45, 2.75) is 84.7 Å². The van der Waals surface area contributed by atoms with E-state index in [-0.39, 0.29) is 18.0 Å². The van der Waals surface area contributed by atoms with Crippen LogP contribution in [-0.2, 0) is 36.8 Å². The number of hydrogen-bond donors (Lipinski definition) is 3. The lowest BCUT2D eigenvalue weighted by Gasteiger charge is -2.25. The Morgan fingerprint density at radius 3 is 2.53 bits per heavy atom. The van der Waals surface area contributed by atoms with Gasteiger partial charge in [0.2, 0.25) is 0 Å². The maximum atomic E-state index is 13.7. The van der Waals surface area contributed by atoms with Crippen molar-refractivity contribution in [2.75, 3.05) is 11.9 Å². The molecule has 11 heteroatoms. The second-order valence-electron chi connectivity index (χ2n) is 10.6. The number of amides is 2. The van der Waals surface area contributed by atoms with Crippen LogP contribution in [0, 0.1) is 5.92 Å². The minimum atomic E-state index is -4.49. The molecule has 198 valence electrons. The summed E-state index contributed by atoms with van der Waals surface area (Å²) in [7, 11) is 0. The van der Waals surface area contributed by atoms with E-state index in [0.29, 0.717) is 52.9 Å². The minimum Gasteiger partial charge on any atom is -0.456 e. The van der Waals surface area contributed by atoms with Crippen LogP contribution >= 0.6 is 22.7 Å². The quantitative estimate of drug-likeness (QED) is 0.388. The van der Waals surface area contributed by atoms with Crippen LogP contribution in [0.2, 0.25) is 0 Å². The number of carbonyl (C=O) groups is 2. The Morgan fingerprint density at radius 2 is 1.86 bits per heavy atom. The number of urea groups is 1. The summed E-state index contributed by atoms with van der Waals surface area (Å²) >= 11 is 2.09. The molecule has 0 radical (unpaired) electrons. The standard InChI is InChI=1S/C25H32F3N3O3S2/c1-12-8-13(2)19-15(9-12)18(22(32)34-24(3,4)5)21(36-19)31-23(33)30-10-16-14-6-7-29-11-17(14)35-20(16)25(26,27)28/h12-13,29H,6-11H2,1-5H3,(H2,30,31,33). The number of anilines is 1. The van der Waals surface area contributed by atoms with Gasteiger partial charge in [-0.25, -0.2) is 9.59 Å². The van der Waals surface area contributed by atoms with Gasteiger partial charge >= 0.3 is 18.2 Å². The Hall–Kier alpha value is -2.11. The maximum absolute atomic E-state index is 13.7. The summed E-state index contributed by atoms with van der Waals surface area (Å²) in [5.74, 6) is 0.106. The molecule has 0 saturated carbocycles. The van der Waals surface area contributed by atoms with Gasteiger partial charge in [0.25, 0.3) is 0 Å². The second-order valence-corrected chi connectivity index (χ2v) is 12.8. The molecule has 4 rings (SSSR count). The Kier molecular flexibility index (Phi) is 7.47. The number of carbonyl (C=O) groups excluding carboxylic acids is 2. The average Bonchev–Trinajstić information content (AvgIpc) is 3.29. The van der Waals surface area contributed by atoms with E-state index >= 15 is 0 Å². The van der Waals surface area contributed by atoms with Crippen LogP contribution in [0.25, 0.3) is 0 Å². The molecule has 2 unspecified atom stereocenters. The Balaban J connectivity index is 1.58. The molecule has 0 spiro atoms. The van der Waals surface area contributed by atoms with E-state index in [4.69, 9.17) is 4.74 Å². The van der Waals surface area contributed by atoms with Crippen molar-refractivity contribution >= 4 is 39.7 Å². The number of thiophene rings is 2. The highest BCUT2D eigenvalue weighted by Gasteiger charge is 2.39. The normalized spacial score (nSPS) is 19.9. The molecule has 36 heavy (non-hydrogen) atoms. The first-order chi connectivity index (χ1) is 16.7. The molecule has 2 aromatic heterocycles. The van der Waals surface area contributed by atoms with E-state index in [2.05, 4.69) is 29.8 Å². The fraction of sp³-hybridized carbons (Fsp3) is 0.600. The van der Waals surface area contributed by atoms with Crippen molar-refractivity contribution in [2.24, 2.45) is 5.92 Å². The molecule has 2 aliphatic rings. The maximum Gasteiger partial charge on any atom is 0.425 e. The average molecular weight is 544 g/mol. The van der Waals surface area contributed by atoms with Crippen LogP contribution in [0.15, 0.2) is 0 Å². The molecule has 0 fully saturated rings. The zero-order valence-corrected chi connectivity index (χ0v) is 22.7. The van der Waals surface area contributed by atoms with Crippen LogP contribution < -0.4 is 16.0 Å². The van der Waals surface area contributed by atoms with E-state index in [9.17, 15) is 22.8 Å². The van der Waals surface area contributed by atoms with Gasteiger partial charge in [-0.15, -0.1) is 22.7 Å². The monoisotopic (exact) mass is 543 g/mol. The first-order valence-electron chi connectivity index (χ1n) is 12.1. The SMILES string of the molecule is CC1Cc2c(sc(NC(=O)NCc3c(C(F)(F)F)sc4c3CCNC4)c2C(=O)OC(C)(C)C)C(C)C1. The highest BCUT2D eigenvalue weighted by Crippen LogP contribution is 2.46. The number of rotatable bonds is 4. The molecule has 2 atom stereocenters. The van der Waals surface area contributed by atoms with Crippen LogP contribution in [0.1, 0.15) is 88.6 Å². The van der Waals surface area contributed by atoms with Gasteiger partial charge in [0, 0.05) is 22.8 Å². The van der Waals surface area contributed by atoms with Crippen molar-refractivity contribution in [3.63, 3.8) is 0 Å². The van der Waals surface area contributed by atoms with Gasteiger partial charge in [0.15, 0.2) is 0 Å². The lowest BCUT2D eigenvalue weighted by atomic mass is 9.82. The number of fused-ring (bicyclic) bond motifs is 2. The van der Waals surface area contributed by atoms with Gasteiger partial charge in [0.1, 0.15) is 15.5 Å². The van der Waals surface area contributed by atoms with Gasteiger partial charge in [0.05, 0.1) is 5.56 Å². The van der Waals surface area contributed by atoms with Crippen molar-refractivity contribution in [1.82, 2.24) is 10.6 Å².